The molecule has 1 amide bonds. The summed E-state index contributed by atoms with van der Waals surface area (Å²) >= 11 is 6.03. The lowest BCUT2D eigenvalue weighted by Gasteiger charge is -2.38. The first-order valence-corrected chi connectivity index (χ1v) is 9.33. The predicted octanol–water partition coefficient (Wildman–Crippen LogP) is 3.44. The van der Waals surface area contributed by atoms with Crippen molar-refractivity contribution in [3.8, 4) is 0 Å². The van der Waals surface area contributed by atoms with Crippen molar-refractivity contribution in [2.75, 3.05) is 19.8 Å². The smallest absolute Gasteiger partial charge is 0.220 e. The molecule has 1 aliphatic carbocycles. The normalized spacial score (nSPS) is 25.2. The second kappa shape index (κ2) is 9.22. The summed E-state index contributed by atoms with van der Waals surface area (Å²) in [6.45, 7) is 2.11. The lowest BCUT2D eigenvalue weighted by atomic mass is 9.74. The van der Waals surface area contributed by atoms with E-state index in [2.05, 4.69) is 17.4 Å². The number of ether oxygens (including phenoxy) is 1. The second-order valence-corrected chi connectivity index (χ2v) is 7.67. The maximum atomic E-state index is 12.4. The van der Waals surface area contributed by atoms with E-state index in [-0.39, 0.29) is 29.8 Å². The third-order valence-corrected chi connectivity index (χ3v) is 5.95. The molecule has 3 rings (SSSR count). The highest BCUT2D eigenvalue weighted by Crippen LogP contribution is 2.35. The molecule has 0 spiro atoms. The number of nitrogens with one attached hydrogen (secondary N) is 1. The van der Waals surface area contributed by atoms with Crippen molar-refractivity contribution in [2.24, 2.45) is 11.7 Å². The molecule has 25 heavy (non-hydrogen) atoms. The van der Waals surface area contributed by atoms with Crippen molar-refractivity contribution in [1.29, 1.82) is 0 Å². The quantitative estimate of drug-likeness (QED) is 0.814. The van der Waals surface area contributed by atoms with Crippen LogP contribution in [0.1, 0.15) is 44.1 Å². The van der Waals surface area contributed by atoms with Crippen LogP contribution in [0, 0.1) is 5.92 Å². The first kappa shape index (κ1) is 20.5. The summed E-state index contributed by atoms with van der Waals surface area (Å²) in [6.07, 6.45) is 5.64. The van der Waals surface area contributed by atoms with E-state index in [9.17, 15) is 4.79 Å². The summed E-state index contributed by atoms with van der Waals surface area (Å²) in [5.74, 6) is 0.461. The van der Waals surface area contributed by atoms with Crippen molar-refractivity contribution in [1.82, 2.24) is 5.32 Å². The molecule has 3 N–H and O–H groups in total. The first-order valence-electron chi connectivity index (χ1n) is 8.95. The second-order valence-electron chi connectivity index (χ2n) is 7.24. The van der Waals surface area contributed by atoms with Crippen molar-refractivity contribution < 1.29 is 9.53 Å². The van der Waals surface area contributed by atoms with Crippen molar-refractivity contribution in [2.45, 2.75) is 50.0 Å². The van der Waals surface area contributed by atoms with Gasteiger partial charge in [-0.25, -0.2) is 0 Å². The van der Waals surface area contributed by atoms with Gasteiger partial charge in [0.15, 0.2) is 0 Å². The van der Waals surface area contributed by atoms with Gasteiger partial charge in [0.25, 0.3) is 0 Å². The third kappa shape index (κ3) is 5.10. The highest BCUT2D eigenvalue weighted by Gasteiger charge is 2.35. The molecule has 0 aromatic heterocycles. The van der Waals surface area contributed by atoms with Gasteiger partial charge in [-0.2, -0.15) is 0 Å². The van der Waals surface area contributed by atoms with Gasteiger partial charge < -0.3 is 15.8 Å². The Balaban J connectivity index is 0.00000225. The van der Waals surface area contributed by atoms with E-state index in [4.69, 9.17) is 22.1 Å². The third-order valence-electron chi connectivity index (χ3n) is 5.70. The Kier molecular flexibility index (Phi) is 7.56. The van der Waals surface area contributed by atoms with Gasteiger partial charge in [0.1, 0.15) is 0 Å². The van der Waals surface area contributed by atoms with Crippen LogP contribution in [0.2, 0.25) is 5.02 Å². The molecular formula is C19H28Cl2N2O2. The van der Waals surface area contributed by atoms with Crippen molar-refractivity contribution in [3.63, 3.8) is 0 Å². The zero-order valence-corrected chi connectivity index (χ0v) is 16.1. The number of hydrogen-bond acceptors (Lipinski definition) is 3. The molecular weight excluding hydrogens is 359 g/mol. The molecule has 1 aromatic carbocycles. The Morgan fingerprint density at radius 3 is 2.52 bits per heavy atom. The number of halogens is 2. The maximum Gasteiger partial charge on any atom is 0.220 e. The fourth-order valence-corrected chi connectivity index (χ4v) is 4.16. The Labute approximate surface area is 161 Å². The highest BCUT2D eigenvalue weighted by atomic mass is 35.5. The van der Waals surface area contributed by atoms with Crippen LogP contribution in [-0.2, 0) is 14.9 Å². The Bertz CT molecular complexity index is 559. The zero-order valence-electron chi connectivity index (χ0n) is 14.5. The van der Waals surface area contributed by atoms with Crippen LogP contribution in [0.4, 0.5) is 0 Å². The van der Waals surface area contributed by atoms with Gasteiger partial charge in [-0.05, 0) is 49.3 Å². The van der Waals surface area contributed by atoms with Gasteiger partial charge in [0, 0.05) is 42.7 Å². The average molecular weight is 387 g/mol. The van der Waals surface area contributed by atoms with Gasteiger partial charge in [-0.15, -0.1) is 12.4 Å². The molecule has 1 heterocycles. The molecule has 1 aliphatic heterocycles. The highest BCUT2D eigenvalue weighted by molar-refractivity contribution is 6.30. The summed E-state index contributed by atoms with van der Waals surface area (Å²) in [5.41, 5.74) is 7.26. The molecule has 2 fully saturated rings. The SMILES string of the molecule is Cl.N[C@@H]1CCC[C@H]1CC(=O)NCC1(c2ccc(Cl)cc2)CCOCC1. The van der Waals surface area contributed by atoms with Crippen LogP contribution in [0.25, 0.3) is 0 Å². The molecule has 1 saturated heterocycles. The largest absolute Gasteiger partial charge is 0.381 e. The van der Waals surface area contributed by atoms with Gasteiger partial charge in [0.05, 0.1) is 0 Å². The topological polar surface area (TPSA) is 64.4 Å². The average Bonchev–Trinajstić information content (AvgIpc) is 2.99. The number of nitrogens with two attached hydrogens (primary N) is 1. The molecule has 1 saturated carbocycles. The van der Waals surface area contributed by atoms with Gasteiger partial charge in [-0.1, -0.05) is 30.2 Å². The van der Waals surface area contributed by atoms with Crippen LogP contribution < -0.4 is 11.1 Å². The number of carbonyl (C=O) groups is 1. The summed E-state index contributed by atoms with van der Waals surface area (Å²) in [4.78, 5) is 12.4. The molecule has 4 nitrogen and oxygen atoms in total. The van der Waals surface area contributed by atoms with Crippen LogP contribution in [-0.4, -0.2) is 31.7 Å². The summed E-state index contributed by atoms with van der Waals surface area (Å²) in [6, 6.07) is 8.18. The van der Waals surface area contributed by atoms with E-state index < -0.39 is 0 Å². The summed E-state index contributed by atoms with van der Waals surface area (Å²) < 4.78 is 5.54. The Morgan fingerprint density at radius 2 is 1.92 bits per heavy atom. The molecule has 0 unspecified atom stereocenters. The van der Waals surface area contributed by atoms with Gasteiger partial charge >= 0.3 is 0 Å². The lowest BCUT2D eigenvalue weighted by molar-refractivity contribution is -0.122. The molecule has 2 atom stereocenters. The number of amides is 1. The van der Waals surface area contributed by atoms with E-state index >= 15 is 0 Å². The van der Waals surface area contributed by atoms with E-state index in [1.54, 1.807) is 0 Å². The fraction of sp³-hybridized carbons (Fsp3) is 0.632. The minimum atomic E-state index is -0.0592. The Morgan fingerprint density at radius 1 is 1.24 bits per heavy atom. The van der Waals surface area contributed by atoms with E-state index in [1.165, 1.54) is 5.56 Å². The lowest BCUT2D eigenvalue weighted by Crippen LogP contribution is -2.45. The number of rotatable bonds is 5. The van der Waals surface area contributed by atoms with Gasteiger partial charge in [0.2, 0.25) is 5.91 Å². The molecule has 1 aromatic rings. The maximum absolute atomic E-state index is 12.4. The van der Waals surface area contributed by atoms with Gasteiger partial charge in [-0.3, -0.25) is 4.79 Å². The predicted molar refractivity (Wildman–Crippen MR) is 103 cm³/mol. The fourth-order valence-electron chi connectivity index (χ4n) is 4.03. The number of benzene rings is 1. The zero-order chi connectivity index (χ0) is 17.0. The summed E-state index contributed by atoms with van der Waals surface area (Å²) in [7, 11) is 0. The number of hydrogen-bond donors (Lipinski definition) is 2. The monoisotopic (exact) mass is 386 g/mol. The van der Waals surface area contributed by atoms with Crippen LogP contribution in [0.3, 0.4) is 0 Å². The molecule has 0 radical (unpaired) electrons. The van der Waals surface area contributed by atoms with E-state index in [1.807, 2.05) is 12.1 Å². The molecule has 0 bridgehead atoms. The van der Waals surface area contributed by atoms with Crippen LogP contribution in [0.5, 0.6) is 0 Å². The first-order chi connectivity index (χ1) is 11.6. The van der Waals surface area contributed by atoms with E-state index in [0.717, 1.165) is 50.3 Å². The molecule has 6 heteroatoms. The van der Waals surface area contributed by atoms with Crippen LogP contribution in [0.15, 0.2) is 24.3 Å². The molecule has 140 valence electrons. The summed E-state index contributed by atoms with van der Waals surface area (Å²) in [5, 5.41) is 3.91. The molecule has 2 aliphatic rings. The van der Waals surface area contributed by atoms with Crippen molar-refractivity contribution in [3.05, 3.63) is 34.9 Å². The van der Waals surface area contributed by atoms with Crippen LogP contribution >= 0.6 is 24.0 Å². The van der Waals surface area contributed by atoms with Crippen molar-refractivity contribution >= 4 is 29.9 Å². The standard InChI is InChI=1S/C19H27ClN2O2.ClH/c20-16-6-4-15(5-7-16)19(8-10-24-11-9-19)13-22-18(23)12-14-2-1-3-17(14)21;/h4-7,14,17H,1-3,8-13,21H2,(H,22,23);1H/t14-,17+;/m0./s1. The number of carbonyl (C=O) groups excluding carboxylic acids is 1. The van der Waals surface area contributed by atoms with E-state index in [0.29, 0.717) is 18.9 Å². The minimum Gasteiger partial charge on any atom is -0.381 e. The minimum absolute atomic E-state index is 0. The Hall–Kier alpha value is -0.810.